The van der Waals surface area contributed by atoms with E-state index >= 15 is 0 Å². The number of thiazole rings is 1. The van der Waals surface area contributed by atoms with E-state index in [-0.39, 0.29) is 17.4 Å². The van der Waals surface area contributed by atoms with Crippen LogP contribution in [0, 0.1) is 0 Å². The smallest absolute Gasteiger partial charge is 0.272 e. The molecule has 244 valence electrons. The lowest BCUT2D eigenvalue weighted by atomic mass is 10.1. The van der Waals surface area contributed by atoms with Crippen LogP contribution in [0.2, 0.25) is 0 Å². The Labute approximate surface area is 286 Å². The molecule has 0 aliphatic heterocycles. The van der Waals surface area contributed by atoms with Gasteiger partial charge in [0.15, 0.2) is 16.6 Å². The van der Waals surface area contributed by atoms with Crippen LogP contribution in [0.4, 0.5) is 10.8 Å². The van der Waals surface area contributed by atoms with Crippen molar-refractivity contribution in [2.45, 2.75) is 4.90 Å². The lowest BCUT2D eigenvalue weighted by Gasteiger charge is -2.12. The number of aromatic nitrogens is 1. The summed E-state index contributed by atoms with van der Waals surface area (Å²) in [5.74, 6) is 0.839. The molecule has 4 aromatic carbocycles. The van der Waals surface area contributed by atoms with Gasteiger partial charge in [-0.2, -0.15) is 0 Å². The maximum atomic E-state index is 13.5. The summed E-state index contributed by atoms with van der Waals surface area (Å²) in [6.45, 7) is 0. The van der Waals surface area contributed by atoms with Crippen molar-refractivity contribution in [2.75, 3.05) is 37.7 Å². The molecule has 0 aliphatic rings. The highest BCUT2D eigenvalue weighted by atomic mass is 32.2. The molecule has 0 fully saturated rings. The fourth-order valence-electron chi connectivity index (χ4n) is 4.43. The molecule has 3 N–H and O–H groups in total. The first-order valence-electron chi connectivity index (χ1n) is 14.6. The van der Waals surface area contributed by atoms with Crippen LogP contribution in [0.5, 0.6) is 17.2 Å². The molecule has 48 heavy (non-hydrogen) atoms. The van der Waals surface area contributed by atoms with Gasteiger partial charge in [0.2, 0.25) is 5.91 Å². The molecule has 3 amide bonds. The number of hydrogen-bond donors (Lipinski definition) is 3. The van der Waals surface area contributed by atoms with E-state index in [1.807, 2.05) is 29.6 Å². The molecule has 0 atom stereocenters. The number of ether oxygens (including phenoxy) is 3. The Bertz CT molecular complexity index is 1930. The number of rotatable bonds is 13. The quantitative estimate of drug-likeness (QED) is 0.0899. The molecule has 0 aliphatic carbocycles. The van der Waals surface area contributed by atoms with Crippen molar-refractivity contribution < 1.29 is 28.6 Å². The molecular weight excluding hydrogens is 649 g/mol. The highest BCUT2D eigenvalue weighted by molar-refractivity contribution is 8.00. The summed E-state index contributed by atoms with van der Waals surface area (Å²) in [4.78, 5) is 44.5. The molecule has 12 heteroatoms. The number of methoxy groups -OCH3 is 3. The first kappa shape index (κ1) is 33.8. The van der Waals surface area contributed by atoms with Crippen LogP contribution < -0.4 is 30.2 Å². The van der Waals surface area contributed by atoms with Crippen molar-refractivity contribution >= 4 is 57.7 Å². The zero-order valence-electron chi connectivity index (χ0n) is 26.3. The van der Waals surface area contributed by atoms with Crippen molar-refractivity contribution in [1.82, 2.24) is 10.3 Å². The van der Waals surface area contributed by atoms with Gasteiger partial charge in [0.1, 0.15) is 11.4 Å². The molecule has 0 saturated heterocycles. The number of thioether (sulfide) groups is 1. The van der Waals surface area contributed by atoms with E-state index in [4.69, 9.17) is 14.2 Å². The second-order valence-electron chi connectivity index (χ2n) is 10.1. The monoisotopic (exact) mass is 680 g/mol. The van der Waals surface area contributed by atoms with Crippen LogP contribution in [0.3, 0.4) is 0 Å². The van der Waals surface area contributed by atoms with Gasteiger partial charge in [-0.1, -0.05) is 36.4 Å². The topological polar surface area (TPSA) is 128 Å². The number of carbonyl (C=O) groups excluding carboxylic acids is 3. The first-order valence-corrected chi connectivity index (χ1v) is 16.5. The molecule has 5 rings (SSSR count). The van der Waals surface area contributed by atoms with Crippen LogP contribution in [0.25, 0.3) is 17.3 Å². The summed E-state index contributed by atoms with van der Waals surface area (Å²) in [6.07, 6.45) is 1.59. The number of nitrogens with one attached hydrogen (secondary N) is 3. The molecular formula is C36H32N4O6S2. The highest BCUT2D eigenvalue weighted by Gasteiger charge is 2.16. The predicted octanol–water partition coefficient (Wildman–Crippen LogP) is 6.98. The van der Waals surface area contributed by atoms with E-state index in [9.17, 15) is 14.4 Å². The third-order valence-corrected chi connectivity index (χ3v) is 8.60. The van der Waals surface area contributed by atoms with Gasteiger partial charge in [-0.05, 0) is 72.3 Å². The van der Waals surface area contributed by atoms with E-state index in [0.29, 0.717) is 44.9 Å². The van der Waals surface area contributed by atoms with Crippen LogP contribution in [-0.4, -0.2) is 49.8 Å². The Morgan fingerprint density at radius 1 is 0.812 bits per heavy atom. The van der Waals surface area contributed by atoms with Gasteiger partial charge < -0.3 is 30.2 Å². The summed E-state index contributed by atoms with van der Waals surface area (Å²) < 4.78 is 15.9. The van der Waals surface area contributed by atoms with E-state index in [0.717, 1.165) is 10.5 Å². The minimum absolute atomic E-state index is 0.0577. The van der Waals surface area contributed by atoms with Crippen LogP contribution >= 0.6 is 23.1 Å². The van der Waals surface area contributed by atoms with Crippen molar-refractivity contribution in [2.24, 2.45) is 0 Å². The van der Waals surface area contributed by atoms with E-state index in [2.05, 4.69) is 20.9 Å². The maximum Gasteiger partial charge on any atom is 0.272 e. The van der Waals surface area contributed by atoms with Gasteiger partial charge in [0.25, 0.3) is 11.8 Å². The average molecular weight is 681 g/mol. The lowest BCUT2D eigenvalue weighted by molar-refractivity contribution is -0.114. The van der Waals surface area contributed by atoms with Gasteiger partial charge in [-0.25, -0.2) is 4.98 Å². The Morgan fingerprint density at radius 2 is 1.58 bits per heavy atom. The first-order chi connectivity index (χ1) is 23.3. The number of carbonyl (C=O) groups is 3. The average Bonchev–Trinajstić information content (AvgIpc) is 3.59. The summed E-state index contributed by atoms with van der Waals surface area (Å²) >= 11 is 2.63. The molecule has 0 radical (unpaired) electrons. The van der Waals surface area contributed by atoms with Gasteiger partial charge in [-0.3, -0.25) is 14.4 Å². The number of hydrogen-bond acceptors (Lipinski definition) is 9. The molecule has 1 aromatic heterocycles. The van der Waals surface area contributed by atoms with E-state index in [1.165, 1.54) is 23.1 Å². The number of nitrogens with zero attached hydrogens (tertiary/aromatic N) is 1. The highest BCUT2D eigenvalue weighted by Crippen LogP contribution is 2.33. The van der Waals surface area contributed by atoms with Crippen molar-refractivity contribution in [1.29, 1.82) is 0 Å². The van der Waals surface area contributed by atoms with Gasteiger partial charge in [-0.15, -0.1) is 23.1 Å². The van der Waals surface area contributed by atoms with Gasteiger partial charge >= 0.3 is 0 Å². The van der Waals surface area contributed by atoms with Crippen molar-refractivity contribution in [3.63, 3.8) is 0 Å². The SMILES string of the molecule is COc1ccc(/C=C(/NC(=O)c2ccccc2)C(=O)Nc2cccc(SCC(=O)Nc3nc(-c4ccc(OC)c(OC)c4)cs3)c2)cc1. The summed E-state index contributed by atoms with van der Waals surface area (Å²) in [5.41, 5.74) is 3.20. The second kappa shape index (κ2) is 16.3. The number of amides is 3. The number of benzene rings is 4. The van der Waals surface area contributed by atoms with Crippen LogP contribution in [0.1, 0.15) is 15.9 Å². The Morgan fingerprint density at radius 3 is 2.31 bits per heavy atom. The largest absolute Gasteiger partial charge is 0.497 e. The zero-order chi connectivity index (χ0) is 33.9. The fourth-order valence-corrected chi connectivity index (χ4v) is 5.93. The van der Waals surface area contributed by atoms with Gasteiger partial charge in [0, 0.05) is 27.1 Å². The molecule has 0 bridgehead atoms. The normalized spacial score (nSPS) is 10.9. The van der Waals surface area contributed by atoms with Crippen LogP contribution in [-0.2, 0) is 9.59 Å². The van der Waals surface area contributed by atoms with Crippen LogP contribution in [0.15, 0.2) is 113 Å². The molecule has 0 spiro atoms. The van der Waals surface area contributed by atoms with E-state index in [1.54, 1.807) is 100 Å². The summed E-state index contributed by atoms with van der Waals surface area (Å²) in [5, 5.41) is 10.8. The Hall–Kier alpha value is -5.59. The third-order valence-electron chi connectivity index (χ3n) is 6.85. The maximum absolute atomic E-state index is 13.5. The molecule has 5 aromatic rings. The standard InChI is InChI=1S/C36H32N4O6S2/c1-44-27-15-12-23(13-16-27)18-29(38-34(42)24-8-5-4-6-9-24)35(43)37-26-10-7-11-28(20-26)47-22-33(41)40-36-39-30(21-48-36)25-14-17-31(45-2)32(19-25)46-3/h4-21H,22H2,1-3H3,(H,37,43)(H,38,42)(H,39,40,41)/b29-18+. The molecule has 0 saturated carbocycles. The molecule has 0 unspecified atom stereocenters. The third kappa shape index (κ3) is 9.02. The van der Waals surface area contributed by atoms with Crippen molar-refractivity contribution in [3.8, 4) is 28.5 Å². The van der Waals surface area contributed by atoms with Crippen molar-refractivity contribution in [3.05, 3.63) is 119 Å². The fraction of sp³-hybridized carbons (Fsp3) is 0.111. The number of anilines is 2. The minimum Gasteiger partial charge on any atom is -0.497 e. The lowest BCUT2D eigenvalue weighted by Crippen LogP contribution is -2.30. The zero-order valence-corrected chi connectivity index (χ0v) is 27.9. The summed E-state index contributed by atoms with van der Waals surface area (Å²) in [7, 11) is 4.72. The Balaban J connectivity index is 1.22. The summed E-state index contributed by atoms with van der Waals surface area (Å²) in [6, 6.07) is 28.4. The minimum atomic E-state index is -0.510. The van der Waals surface area contributed by atoms with E-state index < -0.39 is 11.8 Å². The molecule has 10 nitrogen and oxygen atoms in total. The van der Waals surface area contributed by atoms with Gasteiger partial charge in [0.05, 0.1) is 32.8 Å². The second-order valence-corrected chi connectivity index (χ2v) is 12.0. The molecule has 1 heterocycles. The predicted molar refractivity (Wildman–Crippen MR) is 190 cm³/mol. The Kier molecular flexibility index (Phi) is 11.5.